The van der Waals surface area contributed by atoms with E-state index in [0.29, 0.717) is 26.1 Å². The Morgan fingerprint density at radius 1 is 1.17 bits per heavy atom. The van der Waals surface area contributed by atoms with Gasteiger partial charge in [-0.2, -0.15) is 0 Å². The Hall–Kier alpha value is -1.56. The molecule has 1 rings (SSSR count). The van der Waals surface area contributed by atoms with Crippen LogP contribution in [-0.2, 0) is 11.3 Å². The van der Waals surface area contributed by atoms with Gasteiger partial charge in [-0.05, 0) is 30.5 Å². The van der Waals surface area contributed by atoms with Crippen molar-refractivity contribution in [2.45, 2.75) is 25.5 Å². The number of hydrogen-bond acceptors (Lipinski definition) is 5. The average molecular weight is 323 g/mol. The van der Waals surface area contributed by atoms with E-state index in [9.17, 15) is 5.11 Å². The lowest BCUT2D eigenvalue weighted by Crippen LogP contribution is -2.34. The zero-order chi connectivity index (χ0) is 17.1. The maximum atomic E-state index is 10.1. The first-order valence-corrected chi connectivity index (χ1v) is 7.85. The van der Waals surface area contributed by atoms with Crippen molar-refractivity contribution in [2.24, 2.45) is 0 Å². The molecule has 5 heteroatoms. The molecule has 1 aromatic carbocycles. The lowest BCUT2D eigenvalue weighted by molar-refractivity contribution is 0.0809. The first kappa shape index (κ1) is 19.5. The number of hydrogen-bond donors (Lipinski definition) is 1. The van der Waals surface area contributed by atoms with Gasteiger partial charge in [-0.3, -0.25) is 4.90 Å². The molecule has 0 aliphatic heterocycles. The van der Waals surface area contributed by atoms with Crippen LogP contribution >= 0.6 is 0 Å². The summed E-state index contributed by atoms with van der Waals surface area (Å²) in [4.78, 5) is 2.17. The van der Waals surface area contributed by atoms with E-state index >= 15 is 0 Å². The zero-order valence-electron chi connectivity index (χ0n) is 14.5. The predicted octanol–water partition coefficient (Wildman–Crippen LogP) is 2.48. The third kappa shape index (κ3) is 7.50. The highest BCUT2D eigenvalue weighted by atomic mass is 16.5. The van der Waals surface area contributed by atoms with Gasteiger partial charge in [-0.25, -0.2) is 0 Å². The number of ether oxygens (including phenoxy) is 3. The van der Waals surface area contributed by atoms with Gasteiger partial charge in [0.15, 0.2) is 0 Å². The molecule has 0 spiro atoms. The molecule has 0 amide bonds. The van der Waals surface area contributed by atoms with Crippen molar-refractivity contribution in [1.82, 2.24) is 4.90 Å². The molecule has 1 aromatic rings. The standard InChI is InChI=1S/C18H29NO4/c1-5-6-7-16(20)14-19(8-9-21-2)13-15-10-17(22-3)12-18(11-15)23-4/h5,10-12,16,20H,1,6-9,13-14H2,2-4H3. The molecule has 130 valence electrons. The first-order chi connectivity index (χ1) is 11.1. The van der Waals surface area contributed by atoms with Gasteiger partial charge in [0.05, 0.1) is 26.9 Å². The number of allylic oxidation sites excluding steroid dienone is 1. The molecule has 0 fully saturated rings. The minimum atomic E-state index is -0.377. The third-order valence-corrected chi connectivity index (χ3v) is 3.60. The molecule has 1 N–H and O–H groups in total. The molecule has 5 nitrogen and oxygen atoms in total. The van der Waals surface area contributed by atoms with Crippen LogP contribution in [0.25, 0.3) is 0 Å². The summed E-state index contributed by atoms with van der Waals surface area (Å²) in [5.41, 5.74) is 1.08. The molecule has 0 aliphatic carbocycles. The van der Waals surface area contributed by atoms with Gasteiger partial charge in [0.25, 0.3) is 0 Å². The second-order valence-corrected chi connectivity index (χ2v) is 5.47. The second kappa shape index (κ2) is 11.0. The highest BCUT2D eigenvalue weighted by molar-refractivity contribution is 5.38. The van der Waals surface area contributed by atoms with E-state index in [2.05, 4.69) is 11.5 Å². The topological polar surface area (TPSA) is 51.2 Å². The van der Waals surface area contributed by atoms with Crippen LogP contribution in [0.2, 0.25) is 0 Å². The number of aliphatic hydroxyl groups is 1. The monoisotopic (exact) mass is 323 g/mol. The van der Waals surface area contributed by atoms with Gasteiger partial charge in [-0.1, -0.05) is 6.08 Å². The van der Waals surface area contributed by atoms with Crippen LogP contribution < -0.4 is 9.47 Å². The number of benzene rings is 1. The molecular formula is C18H29NO4. The van der Waals surface area contributed by atoms with Gasteiger partial charge >= 0.3 is 0 Å². The van der Waals surface area contributed by atoms with Crippen LogP contribution in [0.15, 0.2) is 30.9 Å². The summed E-state index contributed by atoms with van der Waals surface area (Å²) in [5.74, 6) is 1.52. The van der Waals surface area contributed by atoms with Gasteiger partial charge in [0.1, 0.15) is 11.5 Å². The second-order valence-electron chi connectivity index (χ2n) is 5.47. The Morgan fingerprint density at radius 2 is 1.83 bits per heavy atom. The molecule has 1 unspecified atom stereocenters. The van der Waals surface area contributed by atoms with E-state index in [0.717, 1.165) is 30.0 Å². The SMILES string of the molecule is C=CCCC(O)CN(CCOC)Cc1cc(OC)cc(OC)c1. The molecule has 0 saturated heterocycles. The maximum Gasteiger partial charge on any atom is 0.122 e. The quantitative estimate of drug-likeness (QED) is 0.599. The zero-order valence-corrected chi connectivity index (χ0v) is 14.5. The molecule has 0 radical (unpaired) electrons. The molecule has 1 atom stereocenters. The molecule has 0 bridgehead atoms. The van der Waals surface area contributed by atoms with Gasteiger partial charge in [0, 0.05) is 32.8 Å². The summed E-state index contributed by atoms with van der Waals surface area (Å²) in [7, 11) is 4.96. The fraction of sp³-hybridized carbons (Fsp3) is 0.556. The van der Waals surface area contributed by atoms with E-state index in [1.807, 2.05) is 24.3 Å². The highest BCUT2D eigenvalue weighted by Crippen LogP contribution is 2.23. The lowest BCUT2D eigenvalue weighted by Gasteiger charge is -2.25. The molecular weight excluding hydrogens is 294 g/mol. The van der Waals surface area contributed by atoms with Crippen LogP contribution in [0.1, 0.15) is 18.4 Å². The number of aliphatic hydroxyl groups excluding tert-OH is 1. The van der Waals surface area contributed by atoms with Crippen molar-refractivity contribution in [3.63, 3.8) is 0 Å². The Labute approximate surface area is 139 Å². The van der Waals surface area contributed by atoms with Crippen molar-refractivity contribution in [2.75, 3.05) is 41.0 Å². The van der Waals surface area contributed by atoms with E-state index in [1.165, 1.54) is 0 Å². The fourth-order valence-corrected chi connectivity index (χ4v) is 2.37. The van der Waals surface area contributed by atoms with Gasteiger partial charge in [-0.15, -0.1) is 6.58 Å². The van der Waals surface area contributed by atoms with Crippen LogP contribution in [-0.4, -0.2) is 57.1 Å². The molecule has 23 heavy (non-hydrogen) atoms. The smallest absolute Gasteiger partial charge is 0.122 e. The number of rotatable bonds is 12. The Balaban J connectivity index is 2.76. The van der Waals surface area contributed by atoms with E-state index < -0.39 is 0 Å². The normalized spacial score (nSPS) is 12.2. The molecule has 0 heterocycles. The van der Waals surface area contributed by atoms with Gasteiger partial charge < -0.3 is 19.3 Å². The van der Waals surface area contributed by atoms with Crippen molar-refractivity contribution in [3.05, 3.63) is 36.4 Å². The van der Waals surface area contributed by atoms with Crippen LogP contribution in [0.3, 0.4) is 0 Å². The van der Waals surface area contributed by atoms with Crippen LogP contribution in [0.4, 0.5) is 0 Å². The summed E-state index contributed by atoms with van der Waals surface area (Å²) in [6.07, 6.45) is 2.98. The minimum absolute atomic E-state index is 0.377. The molecule has 0 aromatic heterocycles. The van der Waals surface area contributed by atoms with Gasteiger partial charge in [0.2, 0.25) is 0 Å². The summed E-state index contributed by atoms with van der Waals surface area (Å²) < 4.78 is 15.8. The van der Waals surface area contributed by atoms with E-state index in [4.69, 9.17) is 14.2 Å². The molecule has 0 saturated carbocycles. The Bertz CT molecular complexity index is 442. The van der Waals surface area contributed by atoms with Crippen LogP contribution in [0.5, 0.6) is 11.5 Å². The largest absolute Gasteiger partial charge is 0.497 e. The summed E-state index contributed by atoms with van der Waals surface area (Å²) in [6.45, 7) is 6.36. The van der Waals surface area contributed by atoms with E-state index in [-0.39, 0.29) is 6.10 Å². The highest BCUT2D eigenvalue weighted by Gasteiger charge is 2.13. The van der Waals surface area contributed by atoms with Crippen molar-refractivity contribution < 1.29 is 19.3 Å². The van der Waals surface area contributed by atoms with Crippen molar-refractivity contribution in [3.8, 4) is 11.5 Å². The summed E-state index contributed by atoms with van der Waals surface area (Å²) in [5, 5.41) is 10.1. The maximum absolute atomic E-state index is 10.1. The number of methoxy groups -OCH3 is 3. The fourth-order valence-electron chi connectivity index (χ4n) is 2.37. The summed E-state index contributed by atoms with van der Waals surface area (Å²) in [6, 6.07) is 5.82. The molecule has 0 aliphatic rings. The Kier molecular flexibility index (Phi) is 9.36. The third-order valence-electron chi connectivity index (χ3n) is 3.60. The summed E-state index contributed by atoms with van der Waals surface area (Å²) >= 11 is 0. The van der Waals surface area contributed by atoms with Crippen molar-refractivity contribution in [1.29, 1.82) is 0 Å². The minimum Gasteiger partial charge on any atom is -0.497 e. The van der Waals surface area contributed by atoms with Crippen molar-refractivity contribution >= 4 is 0 Å². The first-order valence-electron chi connectivity index (χ1n) is 7.85. The number of nitrogens with zero attached hydrogens (tertiary/aromatic N) is 1. The average Bonchev–Trinajstić information content (AvgIpc) is 2.57. The Morgan fingerprint density at radius 3 is 2.35 bits per heavy atom. The van der Waals surface area contributed by atoms with Crippen LogP contribution in [0, 0.1) is 0 Å². The predicted molar refractivity (Wildman–Crippen MR) is 92.1 cm³/mol. The van der Waals surface area contributed by atoms with E-state index in [1.54, 1.807) is 21.3 Å². The lowest BCUT2D eigenvalue weighted by atomic mass is 10.1.